The van der Waals surface area contributed by atoms with E-state index in [4.69, 9.17) is 9.47 Å². The van der Waals surface area contributed by atoms with E-state index in [0.717, 1.165) is 37.1 Å². The molecule has 2 aliphatic heterocycles. The highest BCUT2D eigenvalue weighted by atomic mass is 32.1. The number of aryl methyl sites for hydroxylation is 2. The molecule has 5 heteroatoms. The van der Waals surface area contributed by atoms with Gasteiger partial charge in [-0.05, 0) is 43.7 Å². The van der Waals surface area contributed by atoms with Crippen molar-refractivity contribution in [3.63, 3.8) is 0 Å². The second-order valence-corrected chi connectivity index (χ2v) is 7.34. The van der Waals surface area contributed by atoms with E-state index in [1.54, 1.807) is 11.3 Å². The molecule has 4 rings (SSSR count). The van der Waals surface area contributed by atoms with Gasteiger partial charge in [0, 0.05) is 17.8 Å². The van der Waals surface area contributed by atoms with E-state index in [9.17, 15) is 4.79 Å². The Balaban J connectivity index is 1.52. The van der Waals surface area contributed by atoms with Gasteiger partial charge in [0.15, 0.2) is 5.79 Å². The van der Waals surface area contributed by atoms with Crippen LogP contribution in [0.3, 0.4) is 0 Å². The summed E-state index contributed by atoms with van der Waals surface area (Å²) in [6.07, 6.45) is 6.65. The maximum absolute atomic E-state index is 12.8. The van der Waals surface area contributed by atoms with Gasteiger partial charge in [-0.3, -0.25) is 4.79 Å². The van der Waals surface area contributed by atoms with Gasteiger partial charge in [0.2, 0.25) is 0 Å². The lowest BCUT2D eigenvalue weighted by atomic mass is 9.99. The van der Waals surface area contributed by atoms with Crippen LogP contribution in [-0.4, -0.2) is 42.9 Å². The fourth-order valence-electron chi connectivity index (χ4n) is 3.65. The predicted molar refractivity (Wildman–Crippen MR) is 80.7 cm³/mol. The van der Waals surface area contributed by atoms with E-state index in [2.05, 4.69) is 6.07 Å². The van der Waals surface area contributed by atoms with Crippen molar-refractivity contribution in [2.45, 2.75) is 44.3 Å². The molecule has 0 saturated carbocycles. The first-order valence-electron chi connectivity index (χ1n) is 7.95. The zero-order valence-corrected chi connectivity index (χ0v) is 13.0. The SMILES string of the molecule is O=C(c1cc2c(s1)CCCC2)N1CCCC2(C1)OCCO2. The predicted octanol–water partition coefficient (Wildman–Crippen LogP) is 2.61. The van der Waals surface area contributed by atoms with Crippen molar-refractivity contribution in [2.75, 3.05) is 26.3 Å². The maximum atomic E-state index is 12.8. The largest absolute Gasteiger partial charge is 0.346 e. The number of ether oxygens (including phenoxy) is 2. The van der Waals surface area contributed by atoms with E-state index in [1.807, 2.05) is 4.90 Å². The number of piperidine rings is 1. The summed E-state index contributed by atoms with van der Waals surface area (Å²) in [6, 6.07) is 2.12. The molecule has 0 bridgehead atoms. The van der Waals surface area contributed by atoms with Crippen LogP contribution in [0.2, 0.25) is 0 Å². The van der Waals surface area contributed by atoms with Crippen LogP contribution in [0.4, 0.5) is 0 Å². The fourth-order valence-corrected chi connectivity index (χ4v) is 4.87. The molecule has 1 aromatic heterocycles. The van der Waals surface area contributed by atoms with Gasteiger partial charge in [-0.25, -0.2) is 0 Å². The van der Waals surface area contributed by atoms with Crippen LogP contribution in [0.15, 0.2) is 6.07 Å². The molecule has 1 amide bonds. The normalized spacial score (nSPS) is 24.3. The Labute approximate surface area is 129 Å². The molecule has 0 radical (unpaired) electrons. The molecule has 0 N–H and O–H groups in total. The number of carbonyl (C=O) groups is 1. The number of hydrogen-bond acceptors (Lipinski definition) is 4. The Hall–Kier alpha value is -0.910. The van der Waals surface area contributed by atoms with Gasteiger partial charge >= 0.3 is 0 Å². The highest BCUT2D eigenvalue weighted by Gasteiger charge is 2.42. The van der Waals surface area contributed by atoms with Crippen molar-refractivity contribution in [2.24, 2.45) is 0 Å². The van der Waals surface area contributed by atoms with Crippen LogP contribution in [0, 0.1) is 0 Å². The number of hydrogen-bond donors (Lipinski definition) is 0. The Morgan fingerprint density at radius 1 is 1.19 bits per heavy atom. The smallest absolute Gasteiger partial charge is 0.264 e. The highest BCUT2D eigenvalue weighted by molar-refractivity contribution is 7.14. The zero-order chi connectivity index (χ0) is 14.3. The molecule has 4 nitrogen and oxygen atoms in total. The minimum atomic E-state index is -0.523. The average Bonchev–Trinajstić information content (AvgIpc) is 3.13. The molecule has 3 heterocycles. The molecule has 1 aliphatic carbocycles. The lowest BCUT2D eigenvalue weighted by Gasteiger charge is -2.38. The Kier molecular flexibility index (Phi) is 3.52. The zero-order valence-electron chi connectivity index (χ0n) is 12.2. The van der Waals surface area contributed by atoms with Crippen LogP contribution in [-0.2, 0) is 22.3 Å². The van der Waals surface area contributed by atoms with E-state index in [1.165, 1.54) is 23.3 Å². The number of thiophene rings is 1. The number of nitrogens with zero attached hydrogens (tertiary/aromatic N) is 1. The number of amides is 1. The van der Waals surface area contributed by atoms with Crippen LogP contribution in [0.25, 0.3) is 0 Å². The molecule has 1 spiro atoms. The van der Waals surface area contributed by atoms with Crippen LogP contribution >= 0.6 is 11.3 Å². The first kappa shape index (κ1) is 13.7. The fraction of sp³-hybridized carbons (Fsp3) is 0.688. The van der Waals surface area contributed by atoms with Gasteiger partial charge < -0.3 is 14.4 Å². The molecule has 1 aromatic rings. The topological polar surface area (TPSA) is 38.8 Å². The van der Waals surface area contributed by atoms with Gasteiger partial charge in [0.05, 0.1) is 24.6 Å². The van der Waals surface area contributed by atoms with Gasteiger partial charge in [0.1, 0.15) is 0 Å². The number of rotatable bonds is 1. The lowest BCUT2D eigenvalue weighted by molar-refractivity contribution is -0.183. The molecular formula is C16H21NO3S. The first-order valence-corrected chi connectivity index (χ1v) is 8.76. The minimum absolute atomic E-state index is 0.160. The van der Waals surface area contributed by atoms with Gasteiger partial charge in [-0.2, -0.15) is 0 Å². The Morgan fingerprint density at radius 3 is 2.81 bits per heavy atom. The molecule has 21 heavy (non-hydrogen) atoms. The minimum Gasteiger partial charge on any atom is -0.346 e. The summed E-state index contributed by atoms with van der Waals surface area (Å²) in [6.45, 7) is 2.69. The average molecular weight is 307 g/mol. The molecule has 3 aliphatic rings. The summed E-state index contributed by atoms with van der Waals surface area (Å²) < 4.78 is 11.5. The summed E-state index contributed by atoms with van der Waals surface area (Å²) in [5.74, 6) is -0.363. The highest BCUT2D eigenvalue weighted by Crippen LogP contribution is 2.33. The van der Waals surface area contributed by atoms with Crippen molar-refractivity contribution in [3.05, 3.63) is 21.4 Å². The molecular weight excluding hydrogens is 286 g/mol. The van der Waals surface area contributed by atoms with Crippen molar-refractivity contribution in [1.29, 1.82) is 0 Å². The molecule has 2 saturated heterocycles. The number of fused-ring (bicyclic) bond motifs is 1. The van der Waals surface area contributed by atoms with Crippen LogP contribution in [0.5, 0.6) is 0 Å². The third-order valence-electron chi connectivity index (χ3n) is 4.73. The van der Waals surface area contributed by atoms with Gasteiger partial charge in [-0.15, -0.1) is 11.3 Å². The molecule has 114 valence electrons. The monoisotopic (exact) mass is 307 g/mol. The maximum Gasteiger partial charge on any atom is 0.264 e. The quantitative estimate of drug-likeness (QED) is 0.800. The van der Waals surface area contributed by atoms with Gasteiger partial charge in [0.25, 0.3) is 5.91 Å². The summed E-state index contributed by atoms with van der Waals surface area (Å²) in [7, 11) is 0. The Bertz CT molecular complexity index is 524. The first-order chi connectivity index (χ1) is 10.3. The van der Waals surface area contributed by atoms with E-state index < -0.39 is 5.79 Å². The summed E-state index contributed by atoms with van der Waals surface area (Å²) in [5, 5.41) is 0. The summed E-state index contributed by atoms with van der Waals surface area (Å²) >= 11 is 1.70. The van der Waals surface area contributed by atoms with Crippen LogP contribution < -0.4 is 0 Å². The molecule has 0 aromatic carbocycles. The standard InChI is InChI=1S/C16H21NO3S/c18-15(14-10-12-4-1-2-5-13(12)21-14)17-7-3-6-16(11-17)19-8-9-20-16/h10H,1-9,11H2. The summed E-state index contributed by atoms with van der Waals surface area (Å²) in [4.78, 5) is 17.0. The van der Waals surface area contributed by atoms with E-state index in [0.29, 0.717) is 19.8 Å². The number of carbonyl (C=O) groups excluding carboxylic acids is 1. The second kappa shape index (κ2) is 5.38. The molecule has 0 unspecified atom stereocenters. The van der Waals surface area contributed by atoms with Crippen molar-refractivity contribution in [1.82, 2.24) is 4.90 Å². The summed E-state index contributed by atoms with van der Waals surface area (Å²) in [5.41, 5.74) is 1.40. The Morgan fingerprint density at radius 2 is 2.00 bits per heavy atom. The lowest BCUT2D eigenvalue weighted by Crippen LogP contribution is -2.50. The molecule has 2 fully saturated rings. The van der Waals surface area contributed by atoms with Crippen molar-refractivity contribution >= 4 is 17.2 Å². The van der Waals surface area contributed by atoms with E-state index >= 15 is 0 Å². The second-order valence-electron chi connectivity index (χ2n) is 6.20. The number of likely N-dealkylation sites (tertiary alicyclic amines) is 1. The van der Waals surface area contributed by atoms with Crippen molar-refractivity contribution in [3.8, 4) is 0 Å². The third-order valence-corrected chi connectivity index (χ3v) is 5.95. The van der Waals surface area contributed by atoms with Crippen molar-refractivity contribution < 1.29 is 14.3 Å². The van der Waals surface area contributed by atoms with Gasteiger partial charge in [-0.1, -0.05) is 0 Å². The third kappa shape index (κ3) is 2.51. The van der Waals surface area contributed by atoms with E-state index in [-0.39, 0.29) is 5.91 Å². The molecule has 0 atom stereocenters. The van der Waals surface area contributed by atoms with Crippen LogP contribution in [0.1, 0.15) is 45.8 Å².